The average Bonchev–Trinajstić information content (AvgIpc) is 2.52. The Morgan fingerprint density at radius 3 is 2.70 bits per heavy atom. The highest BCUT2D eigenvalue weighted by Crippen LogP contribution is 2.21. The maximum Gasteiger partial charge on any atom is 0.189 e. The third kappa shape index (κ3) is 3.39. The highest BCUT2D eigenvalue weighted by atomic mass is 16.1. The van der Waals surface area contributed by atoms with Crippen LogP contribution in [-0.4, -0.2) is 15.0 Å². The topological polar surface area (TPSA) is 70.7 Å². The minimum Gasteiger partial charge on any atom is -0.364 e. The number of hydrogen-bond acceptors (Lipinski definition) is 4. The van der Waals surface area contributed by atoms with Crippen LogP contribution < -0.4 is 10.7 Å². The van der Waals surface area contributed by atoms with Crippen molar-refractivity contribution in [3.8, 4) is 0 Å². The Morgan fingerprint density at radius 2 is 1.91 bits per heavy atom. The van der Waals surface area contributed by atoms with Gasteiger partial charge >= 0.3 is 0 Å². The maximum absolute atomic E-state index is 12.1. The molecule has 5 nitrogen and oxygen atoms in total. The van der Waals surface area contributed by atoms with Crippen LogP contribution in [0.5, 0.6) is 0 Å². The predicted octanol–water partition coefficient (Wildman–Crippen LogP) is 3.23. The number of anilines is 1. The summed E-state index contributed by atoms with van der Waals surface area (Å²) in [6.07, 6.45) is 1.56. The van der Waals surface area contributed by atoms with Gasteiger partial charge in [-0.1, -0.05) is 32.9 Å². The van der Waals surface area contributed by atoms with Crippen molar-refractivity contribution < 1.29 is 0 Å². The van der Waals surface area contributed by atoms with Gasteiger partial charge in [-0.2, -0.15) is 0 Å². The Kier molecular flexibility index (Phi) is 3.86. The monoisotopic (exact) mass is 308 g/mol. The van der Waals surface area contributed by atoms with Gasteiger partial charge in [-0.05, 0) is 12.1 Å². The van der Waals surface area contributed by atoms with Gasteiger partial charge in [-0.15, -0.1) is 0 Å². The molecular weight excluding hydrogens is 288 g/mol. The molecule has 0 spiro atoms. The van der Waals surface area contributed by atoms with E-state index in [2.05, 4.69) is 41.0 Å². The van der Waals surface area contributed by atoms with Crippen molar-refractivity contribution in [1.29, 1.82) is 0 Å². The summed E-state index contributed by atoms with van der Waals surface area (Å²) in [4.78, 5) is 24.0. The van der Waals surface area contributed by atoms with Gasteiger partial charge in [0.2, 0.25) is 0 Å². The lowest BCUT2D eigenvalue weighted by Gasteiger charge is -2.18. The Hall–Kier alpha value is -2.69. The fourth-order valence-electron chi connectivity index (χ4n) is 2.40. The van der Waals surface area contributed by atoms with E-state index in [9.17, 15) is 4.79 Å². The Morgan fingerprint density at radius 1 is 1.13 bits per heavy atom. The fraction of sp³-hybridized carbons (Fsp3) is 0.278. The van der Waals surface area contributed by atoms with Crippen LogP contribution in [0.2, 0.25) is 0 Å². The zero-order valence-electron chi connectivity index (χ0n) is 13.6. The van der Waals surface area contributed by atoms with Gasteiger partial charge in [0, 0.05) is 34.1 Å². The molecule has 0 aliphatic heterocycles. The normalized spacial score (nSPS) is 11.6. The van der Waals surface area contributed by atoms with Gasteiger partial charge < -0.3 is 10.3 Å². The summed E-state index contributed by atoms with van der Waals surface area (Å²) >= 11 is 0. The van der Waals surface area contributed by atoms with Crippen molar-refractivity contribution >= 4 is 16.7 Å². The van der Waals surface area contributed by atoms with Crippen LogP contribution in [-0.2, 0) is 12.0 Å². The highest BCUT2D eigenvalue weighted by molar-refractivity contribution is 5.78. The lowest BCUT2D eigenvalue weighted by Crippen LogP contribution is -2.15. The molecule has 23 heavy (non-hydrogen) atoms. The van der Waals surface area contributed by atoms with Crippen molar-refractivity contribution in [2.75, 3.05) is 5.32 Å². The highest BCUT2D eigenvalue weighted by Gasteiger charge is 2.15. The number of fused-ring (bicyclic) bond motifs is 1. The Bertz CT molecular complexity index is 893. The van der Waals surface area contributed by atoms with Crippen molar-refractivity contribution in [1.82, 2.24) is 15.0 Å². The maximum atomic E-state index is 12.1. The number of nitrogens with zero attached hydrogens (tertiary/aromatic N) is 2. The number of para-hydroxylation sites is 1. The van der Waals surface area contributed by atoms with E-state index < -0.39 is 0 Å². The van der Waals surface area contributed by atoms with Gasteiger partial charge in [0.05, 0.1) is 12.2 Å². The smallest absolute Gasteiger partial charge is 0.189 e. The van der Waals surface area contributed by atoms with E-state index in [0.29, 0.717) is 11.9 Å². The predicted molar refractivity (Wildman–Crippen MR) is 92.6 cm³/mol. The zero-order chi connectivity index (χ0) is 16.4. The van der Waals surface area contributed by atoms with E-state index in [4.69, 9.17) is 0 Å². The van der Waals surface area contributed by atoms with Crippen LogP contribution in [0.1, 0.15) is 32.2 Å². The number of H-pyrrole nitrogens is 1. The molecule has 0 saturated carbocycles. The lowest BCUT2D eigenvalue weighted by atomic mass is 9.92. The van der Waals surface area contributed by atoms with Gasteiger partial charge in [-0.3, -0.25) is 4.79 Å². The molecule has 3 aromatic rings. The second-order valence-corrected chi connectivity index (χ2v) is 6.60. The third-order valence-corrected chi connectivity index (χ3v) is 3.69. The third-order valence-electron chi connectivity index (χ3n) is 3.69. The number of nitrogens with one attached hydrogen (secondary N) is 2. The Labute approximate surface area is 134 Å². The molecule has 2 aromatic heterocycles. The summed E-state index contributed by atoms with van der Waals surface area (Å²) in [5, 5.41) is 3.95. The summed E-state index contributed by atoms with van der Waals surface area (Å²) in [6, 6.07) is 11.1. The number of aromatic amines is 1. The number of pyridine rings is 1. The largest absolute Gasteiger partial charge is 0.364 e. The molecule has 0 fully saturated rings. The second kappa shape index (κ2) is 5.83. The molecule has 2 heterocycles. The summed E-state index contributed by atoms with van der Waals surface area (Å²) < 4.78 is 0. The van der Waals surface area contributed by atoms with E-state index in [1.54, 1.807) is 12.4 Å². The molecule has 0 saturated heterocycles. The molecule has 0 aliphatic rings. The average molecular weight is 308 g/mol. The van der Waals surface area contributed by atoms with Crippen LogP contribution >= 0.6 is 0 Å². The summed E-state index contributed by atoms with van der Waals surface area (Å²) in [5.41, 5.74) is 2.63. The van der Waals surface area contributed by atoms with Crippen LogP contribution in [0.4, 0.5) is 5.82 Å². The first kappa shape index (κ1) is 15.2. The zero-order valence-corrected chi connectivity index (χ0v) is 13.6. The SMILES string of the molecule is CC(C)(C)c1cc(NCc2cc(=O)c3ccccc3[nH]2)ncn1. The molecule has 0 amide bonds. The first-order valence-electron chi connectivity index (χ1n) is 7.61. The van der Waals surface area contributed by atoms with E-state index in [0.717, 1.165) is 22.7 Å². The Balaban J connectivity index is 1.83. The van der Waals surface area contributed by atoms with Gasteiger partial charge in [0.15, 0.2) is 5.43 Å². The van der Waals surface area contributed by atoms with E-state index in [1.165, 1.54) is 0 Å². The van der Waals surface area contributed by atoms with Gasteiger partial charge in [0.1, 0.15) is 12.1 Å². The van der Waals surface area contributed by atoms with Gasteiger partial charge in [0.25, 0.3) is 0 Å². The summed E-state index contributed by atoms with van der Waals surface area (Å²) in [6.45, 7) is 6.83. The van der Waals surface area contributed by atoms with E-state index >= 15 is 0 Å². The molecule has 3 rings (SSSR count). The number of benzene rings is 1. The quantitative estimate of drug-likeness (QED) is 0.779. The summed E-state index contributed by atoms with van der Waals surface area (Å²) in [7, 11) is 0. The van der Waals surface area contributed by atoms with Crippen molar-refractivity contribution in [3.05, 3.63) is 64.3 Å². The van der Waals surface area contributed by atoms with E-state index in [1.807, 2.05) is 30.3 Å². The van der Waals surface area contributed by atoms with Crippen molar-refractivity contribution in [2.24, 2.45) is 0 Å². The molecule has 5 heteroatoms. The lowest BCUT2D eigenvalue weighted by molar-refractivity contribution is 0.567. The molecule has 0 aliphatic carbocycles. The molecule has 0 atom stereocenters. The van der Waals surface area contributed by atoms with E-state index in [-0.39, 0.29) is 10.8 Å². The molecule has 0 bridgehead atoms. The molecule has 118 valence electrons. The number of rotatable bonds is 3. The first-order valence-corrected chi connectivity index (χ1v) is 7.61. The van der Waals surface area contributed by atoms with Crippen LogP contribution in [0.25, 0.3) is 10.9 Å². The molecule has 2 N–H and O–H groups in total. The van der Waals surface area contributed by atoms with Crippen molar-refractivity contribution in [3.63, 3.8) is 0 Å². The second-order valence-electron chi connectivity index (χ2n) is 6.60. The standard InChI is InChI=1S/C18H20N4O/c1-18(2,3)16-9-17(21-11-20-16)19-10-12-8-15(23)13-6-4-5-7-14(13)22-12/h4-9,11H,10H2,1-3H3,(H,22,23)(H,19,20,21). The van der Waals surface area contributed by atoms with Crippen LogP contribution in [0.15, 0.2) is 47.5 Å². The van der Waals surface area contributed by atoms with Crippen molar-refractivity contribution in [2.45, 2.75) is 32.7 Å². The van der Waals surface area contributed by atoms with Gasteiger partial charge in [-0.25, -0.2) is 9.97 Å². The number of aromatic nitrogens is 3. The molecule has 0 unspecified atom stereocenters. The molecule has 0 radical (unpaired) electrons. The van der Waals surface area contributed by atoms with Crippen LogP contribution in [0, 0.1) is 0 Å². The minimum atomic E-state index is -0.0311. The minimum absolute atomic E-state index is 0.0224. The summed E-state index contributed by atoms with van der Waals surface area (Å²) in [5.74, 6) is 0.749. The molecule has 1 aromatic carbocycles. The molecular formula is C18H20N4O. The first-order chi connectivity index (χ1) is 10.9. The number of hydrogen-bond donors (Lipinski definition) is 2. The fourth-order valence-corrected chi connectivity index (χ4v) is 2.40. The van der Waals surface area contributed by atoms with Crippen LogP contribution in [0.3, 0.4) is 0 Å².